The van der Waals surface area contributed by atoms with Crippen LogP contribution in [0.5, 0.6) is 5.75 Å². The summed E-state index contributed by atoms with van der Waals surface area (Å²) in [5, 5.41) is 4.50. The maximum atomic E-state index is 12.9. The molecular formula is C22H16F3N3O5. The smallest absolute Gasteiger partial charge is 0.449 e. The number of aryl methyl sites for hydroxylation is 2. The topological polar surface area (TPSA) is 96.4 Å². The molecule has 0 unspecified atom stereocenters. The molecule has 1 aromatic carbocycles. The van der Waals surface area contributed by atoms with Crippen LogP contribution in [0, 0.1) is 13.8 Å². The zero-order valence-corrected chi connectivity index (χ0v) is 17.6. The van der Waals surface area contributed by atoms with Gasteiger partial charge in [-0.3, -0.25) is 9.55 Å². The van der Waals surface area contributed by atoms with E-state index in [9.17, 15) is 18.0 Å². The molecule has 0 fully saturated rings. The van der Waals surface area contributed by atoms with Gasteiger partial charge in [-0.25, -0.2) is 4.79 Å². The van der Waals surface area contributed by atoms with Crippen molar-refractivity contribution < 1.29 is 31.3 Å². The number of ether oxygens (including phenoxy) is 1. The monoisotopic (exact) mass is 459 g/mol. The van der Waals surface area contributed by atoms with Crippen LogP contribution in [0.4, 0.5) is 13.2 Å². The van der Waals surface area contributed by atoms with Crippen LogP contribution in [-0.4, -0.2) is 21.8 Å². The average molecular weight is 459 g/mol. The maximum Gasteiger partial charge on any atom is 0.449 e. The molecule has 0 atom stereocenters. The first-order chi connectivity index (χ1) is 15.7. The van der Waals surface area contributed by atoms with E-state index in [1.807, 2.05) is 0 Å². The van der Waals surface area contributed by atoms with Crippen molar-refractivity contribution in [1.29, 1.82) is 0 Å². The Morgan fingerprint density at radius 3 is 2.58 bits per heavy atom. The molecule has 0 aliphatic heterocycles. The van der Waals surface area contributed by atoms with Gasteiger partial charge in [-0.05, 0) is 38.1 Å². The second-order valence-corrected chi connectivity index (χ2v) is 7.46. The van der Waals surface area contributed by atoms with Gasteiger partial charge in [0.2, 0.25) is 5.76 Å². The molecule has 0 saturated carbocycles. The Balaban J connectivity index is 1.71. The normalized spacial score (nSPS) is 12.2. The molecule has 0 aliphatic carbocycles. The second kappa shape index (κ2) is 7.26. The van der Waals surface area contributed by atoms with Crippen molar-refractivity contribution in [1.82, 2.24) is 14.7 Å². The van der Waals surface area contributed by atoms with Crippen LogP contribution >= 0.6 is 0 Å². The number of oxazole rings is 1. The lowest BCUT2D eigenvalue weighted by Crippen LogP contribution is -2.14. The van der Waals surface area contributed by atoms with Crippen molar-refractivity contribution in [2.24, 2.45) is 0 Å². The maximum absolute atomic E-state index is 12.9. The lowest BCUT2D eigenvalue weighted by molar-refractivity contribution is -0.153. The number of hydrogen-bond donors (Lipinski definition) is 0. The number of alkyl halides is 3. The predicted molar refractivity (Wildman–Crippen MR) is 110 cm³/mol. The summed E-state index contributed by atoms with van der Waals surface area (Å²) < 4.78 is 60.9. The first-order valence-corrected chi connectivity index (χ1v) is 9.76. The fourth-order valence-electron chi connectivity index (χ4n) is 3.93. The van der Waals surface area contributed by atoms with Crippen molar-refractivity contribution in [3.8, 4) is 16.9 Å². The Labute approximate surface area is 183 Å². The minimum Gasteiger partial charge on any atom is -0.496 e. The number of rotatable bonds is 4. The zero-order chi connectivity index (χ0) is 23.5. The van der Waals surface area contributed by atoms with Crippen LogP contribution in [0.25, 0.3) is 33.1 Å². The summed E-state index contributed by atoms with van der Waals surface area (Å²) in [6.07, 6.45) is -3.23. The molecule has 8 nitrogen and oxygen atoms in total. The molecule has 0 spiro atoms. The Kier molecular flexibility index (Phi) is 4.59. The Morgan fingerprint density at radius 2 is 1.94 bits per heavy atom. The number of halogens is 3. The molecule has 0 saturated heterocycles. The SMILES string of the molecule is COc1cc2c(cc1-c1c(C)noc1C)ncc1oc(=O)n(Cc3ccc(C(F)(F)F)o3)c12. The van der Waals surface area contributed by atoms with Gasteiger partial charge in [-0.2, -0.15) is 13.2 Å². The van der Waals surface area contributed by atoms with Gasteiger partial charge in [0.25, 0.3) is 0 Å². The van der Waals surface area contributed by atoms with E-state index in [2.05, 4.69) is 10.1 Å². The fraction of sp³-hybridized carbons (Fsp3) is 0.227. The van der Waals surface area contributed by atoms with Crippen molar-refractivity contribution in [2.45, 2.75) is 26.6 Å². The van der Waals surface area contributed by atoms with Crippen LogP contribution in [0.3, 0.4) is 0 Å². The Morgan fingerprint density at radius 1 is 1.15 bits per heavy atom. The highest BCUT2D eigenvalue weighted by atomic mass is 19.4. The average Bonchev–Trinajstić information content (AvgIpc) is 3.45. The highest BCUT2D eigenvalue weighted by Crippen LogP contribution is 2.39. The van der Waals surface area contributed by atoms with Gasteiger partial charge in [0.1, 0.15) is 22.8 Å². The Hall–Kier alpha value is -4.02. The molecule has 5 rings (SSSR count). The third-order valence-corrected chi connectivity index (χ3v) is 5.37. The first-order valence-electron chi connectivity index (χ1n) is 9.76. The summed E-state index contributed by atoms with van der Waals surface area (Å²) in [5.41, 5.74) is 3.19. The fourth-order valence-corrected chi connectivity index (χ4v) is 3.93. The number of aromatic nitrogens is 3. The van der Waals surface area contributed by atoms with Gasteiger partial charge >= 0.3 is 11.9 Å². The van der Waals surface area contributed by atoms with Crippen LogP contribution in [0.2, 0.25) is 0 Å². The molecule has 11 heteroatoms. The second-order valence-electron chi connectivity index (χ2n) is 7.46. The number of furan rings is 1. The lowest BCUT2D eigenvalue weighted by Gasteiger charge is -2.11. The summed E-state index contributed by atoms with van der Waals surface area (Å²) in [7, 11) is 1.50. The quantitative estimate of drug-likeness (QED) is 0.370. The molecule has 5 aromatic rings. The van der Waals surface area contributed by atoms with E-state index in [1.165, 1.54) is 23.9 Å². The van der Waals surface area contributed by atoms with Gasteiger partial charge in [0.15, 0.2) is 5.58 Å². The number of hydrogen-bond acceptors (Lipinski definition) is 7. The Bertz CT molecular complexity index is 1550. The minimum absolute atomic E-state index is 0.0450. The molecule has 0 radical (unpaired) electrons. The predicted octanol–water partition coefficient (Wildman–Crippen LogP) is 5.08. The number of pyridine rings is 1. The van der Waals surface area contributed by atoms with Crippen molar-refractivity contribution in [2.75, 3.05) is 7.11 Å². The van der Waals surface area contributed by atoms with E-state index in [4.69, 9.17) is 18.1 Å². The largest absolute Gasteiger partial charge is 0.496 e. The molecule has 170 valence electrons. The van der Waals surface area contributed by atoms with E-state index in [1.54, 1.807) is 26.0 Å². The summed E-state index contributed by atoms with van der Waals surface area (Å²) in [6, 6.07) is 5.46. The van der Waals surface area contributed by atoms with Crippen LogP contribution in [-0.2, 0) is 12.7 Å². The number of nitrogens with zero attached hydrogens (tertiary/aromatic N) is 3. The molecule has 0 amide bonds. The summed E-state index contributed by atoms with van der Waals surface area (Å²) in [5.74, 6) is -0.862. The van der Waals surface area contributed by atoms with Gasteiger partial charge in [0.05, 0.1) is 36.6 Å². The molecule has 0 aliphatic rings. The van der Waals surface area contributed by atoms with Gasteiger partial charge < -0.3 is 18.1 Å². The minimum atomic E-state index is -4.62. The van der Waals surface area contributed by atoms with E-state index < -0.39 is 17.7 Å². The third kappa shape index (κ3) is 3.36. The van der Waals surface area contributed by atoms with Crippen molar-refractivity contribution >= 4 is 22.0 Å². The summed E-state index contributed by atoms with van der Waals surface area (Å²) >= 11 is 0. The zero-order valence-electron chi connectivity index (χ0n) is 17.6. The van der Waals surface area contributed by atoms with Crippen LogP contribution in [0.1, 0.15) is 23.0 Å². The lowest BCUT2D eigenvalue weighted by atomic mass is 10.0. The van der Waals surface area contributed by atoms with E-state index in [0.717, 1.165) is 11.6 Å². The molecule has 33 heavy (non-hydrogen) atoms. The van der Waals surface area contributed by atoms with E-state index in [-0.39, 0.29) is 17.9 Å². The first kappa shape index (κ1) is 20.9. The molecule has 0 N–H and O–H groups in total. The van der Waals surface area contributed by atoms with E-state index >= 15 is 0 Å². The number of methoxy groups -OCH3 is 1. The van der Waals surface area contributed by atoms with Gasteiger partial charge in [-0.1, -0.05) is 5.16 Å². The van der Waals surface area contributed by atoms with Crippen LogP contribution in [0.15, 0.2) is 48.6 Å². The van der Waals surface area contributed by atoms with Gasteiger partial charge in [-0.15, -0.1) is 0 Å². The summed E-state index contributed by atoms with van der Waals surface area (Å²) in [4.78, 5) is 16.9. The van der Waals surface area contributed by atoms with Crippen molar-refractivity contribution in [3.63, 3.8) is 0 Å². The van der Waals surface area contributed by atoms with E-state index in [0.29, 0.717) is 39.2 Å². The molecule has 0 bridgehead atoms. The molecule has 4 heterocycles. The summed E-state index contributed by atoms with van der Waals surface area (Å²) in [6.45, 7) is 3.33. The molecular weight excluding hydrogens is 443 g/mol. The van der Waals surface area contributed by atoms with Gasteiger partial charge in [0, 0.05) is 10.9 Å². The van der Waals surface area contributed by atoms with Crippen LogP contribution < -0.4 is 10.5 Å². The highest BCUT2D eigenvalue weighted by Gasteiger charge is 2.35. The standard InChI is InChI=1S/C22H16F3N3O5/c1-10-19(11(2)33-27-10)14-6-15-13(7-16(14)30-3)20-17(8-26-15)32-21(29)28(20)9-12-4-5-18(31-12)22(23,24)25/h4-8H,9H2,1-3H3. The third-order valence-electron chi connectivity index (χ3n) is 5.37. The molecule has 4 aromatic heterocycles. The highest BCUT2D eigenvalue weighted by molar-refractivity contribution is 6.04. The van der Waals surface area contributed by atoms with Crippen molar-refractivity contribution in [3.05, 3.63) is 64.0 Å². The number of fused-ring (bicyclic) bond motifs is 3. The number of benzene rings is 1.